The second-order valence-electron chi connectivity index (χ2n) is 6.49. The molecule has 1 amide bonds. The maximum atomic E-state index is 11.5. The monoisotopic (exact) mass is 241 g/mol. The van der Waals surface area contributed by atoms with Crippen LogP contribution in [0.3, 0.4) is 0 Å². The summed E-state index contributed by atoms with van der Waals surface area (Å²) in [6.45, 7) is 10.2. The lowest BCUT2D eigenvalue weighted by molar-refractivity contribution is -0.130. The molecule has 0 aromatic rings. The number of carbonyl (C=O) groups is 2. The van der Waals surface area contributed by atoms with Gasteiger partial charge in [0.2, 0.25) is 0 Å². The van der Waals surface area contributed by atoms with Crippen molar-refractivity contribution in [3.05, 3.63) is 0 Å². The van der Waals surface area contributed by atoms with Crippen LogP contribution >= 0.6 is 0 Å². The van der Waals surface area contributed by atoms with E-state index < -0.39 is 11.7 Å². The molecule has 0 heterocycles. The summed E-state index contributed by atoms with van der Waals surface area (Å²) >= 11 is 0. The Kier molecular flexibility index (Phi) is 3.84. The Morgan fingerprint density at radius 2 is 1.82 bits per heavy atom. The highest BCUT2D eigenvalue weighted by Gasteiger charge is 2.39. The van der Waals surface area contributed by atoms with Gasteiger partial charge >= 0.3 is 6.09 Å². The molecular formula is C13H23NO3. The van der Waals surface area contributed by atoms with Gasteiger partial charge in [0.05, 0.1) is 0 Å². The summed E-state index contributed by atoms with van der Waals surface area (Å²) in [5.74, 6) is 0.699. The molecule has 1 N–H and O–H groups in total. The van der Waals surface area contributed by atoms with E-state index >= 15 is 0 Å². The van der Waals surface area contributed by atoms with Gasteiger partial charge in [0.1, 0.15) is 11.4 Å². The fourth-order valence-electron chi connectivity index (χ4n) is 1.80. The summed E-state index contributed by atoms with van der Waals surface area (Å²) in [7, 11) is 0. The molecule has 1 fully saturated rings. The third-order valence-corrected chi connectivity index (χ3v) is 3.14. The first kappa shape index (κ1) is 14.0. The number of hydrogen-bond donors (Lipinski definition) is 1. The fraction of sp³-hybridized carbons (Fsp3) is 0.846. The molecule has 0 aromatic carbocycles. The third-order valence-electron chi connectivity index (χ3n) is 3.14. The van der Waals surface area contributed by atoms with Crippen LogP contribution in [0.4, 0.5) is 4.79 Å². The quantitative estimate of drug-likeness (QED) is 0.826. The molecule has 0 spiro atoms. The fourth-order valence-corrected chi connectivity index (χ4v) is 1.80. The number of hydrogen-bond acceptors (Lipinski definition) is 3. The minimum absolute atomic E-state index is 0.0508. The summed E-state index contributed by atoms with van der Waals surface area (Å²) in [4.78, 5) is 22.5. The van der Waals surface area contributed by atoms with E-state index in [1.165, 1.54) is 0 Å². The van der Waals surface area contributed by atoms with Crippen LogP contribution in [0.2, 0.25) is 0 Å². The van der Waals surface area contributed by atoms with Crippen LogP contribution in [0.15, 0.2) is 0 Å². The highest BCUT2D eigenvalue weighted by molar-refractivity contribution is 5.84. The summed E-state index contributed by atoms with van der Waals surface area (Å²) in [6, 6.07) is 0. The van der Waals surface area contributed by atoms with E-state index in [2.05, 4.69) is 19.2 Å². The maximum absolute atomic E-state index is 11.5. The third kappa shape index (κ3) is 4.36. The standard InChI is InChI=1S/C13H23NO3/c1-12(2,3)17-11(16)14-8-13(4,5)9-6-10(15)7-9/h9H,6-8H2,1-5H3,(H,14,16). The molecule has 0 atom stereocenters. The average Bonchev–Trinajstić information content (AvgIpc) is 2.07. The molecule has 1 aliphatic carbocycles. The molecule has 4 nitrogen and oxygen atoms in total. The van der Waals surface area contributed by atoms with E-state index in [0.29, 0.717) is 31.1 Å². The van der Waals surface area contributed by atoms with Gasteiger partial charge in [0.15, 0.2) is 0 Å². The second-order valence-corrected chi connectivity index (χ2v) is 6.49. The van der Waals surface area contributed by atoms with Gasteiger partial charge in [-0.2, -0.15) is 0 Å². The van der Waals surface area contributed by atoms with Gasteiger partial charge in [-0.3, -0.25) is 4.79 Å². The Labute approximate surface area is 103 Å². The summed E-state index contributed by atoms with van der Waals surface area (Å²) < 4.78 is 5.17. The Balaban J connectivity index is 2.34. The largest absolute Gasteiger partial charge is 0.444 e. The van der Waals surface area contributed by atoms with Gasteiger partial charge in [-0.25, -0.2) is 4.79 Å². The van der Waals surface area contributed by atoms with E-state index in [1.54, 1.807) is 0 Å². The molecule has 0 saturated heterocycles. The van der Waals surface area contributed by atoms with Gasteiger partial charge in [-0.15, -0.1) is 0 Å². The normalized spacial score (nSPS) is 17.6. The van der Waals surface area contributed by atoms with Crippen molar-refractivity contribution >= 4 is 11.9 Å². The van der Waals surface area contributed by atoms with E-state index in [-0.39, 0.29) is 5.41 Å². The number of alkyl carbamates (subject to hydrolysis) is 1. The minimum Gasteiger partial charge on any atom is -0.444 e. The topological polar surface area (TPSA) is 55.4 Å². The summed E-state index contributed by atoms with van der Waals surface area (Å²) in [5.41, 5.74) is -0.522. The van der Waals surface area contributed by atoms with Crippen molar-refractivity contribution in [1.29, 1.82) is 0 Å². The van der Waals surface area contributed by atoms with Crippen LogP contribution in [0.5, 0.6) is 0 Å². The number of ether oxygens (including phenoxy) is 1. The molecule has 0 radical (unpaired) electrons. The summed E-state index contributed by atoms with van der Waals surface area (Å²) in [5, 5.41) is 2.77. The van der Waals surface area contributed by atoms with Gasteiger partial charge in [-0.1, -0.05) is 13.8 Å². The summed E-state index contributed by atoms with van der Waals surface area (Å²) in [6.07, 6.45) is 0.891. The highest BCUT2D eigenvalue weighted by Crippen LogP contribution is 2.39. The van der Waals surface area contributed by atoms with Crippen molar-refractivity contribution in [2.45, 2.75) is 53.1 Å². The van der Waals surface area contributed by atoms with Crippen molar-refractivity contribution in [2.24, 2.45) is 11.3 Å². The number of carbonyl (C=O) groups excluding carboxylic acids is 2. The number of Topliss-reactive ketones (excluding diaryl/α,β-unsaturated/α-hetero) is 1. The Hall–Kier alpha value is -1.06. The van der Waals surface area contributed by atoms with Crippen LogP contribution in [0.25, 0.3) is 0 Å². The van der Waals surface area contributed by atoms with Crippen LogP contribution in [0, 0.1) is 11.3 Å². The molecule has 1 rings (SSSR count). The lowest BCUT2D eigenvalue weighted by Gasteiger charge is -2.39. The van der Waals surface area contributed by atoms with Gasteiger partial charge < -0.3 is 10.1 Å². The van der Waals surface area contributed by atoms with Crippen molar-refractivity contribution in [3.8, 4) is 0 Å². The van der Waals surface area contributed by atoms with Crippen molar-refractivity contribution in [2.75, 3.05) is 6.54 Å². The van der Waals surface area contributed by atoms with Crippen LogP contribution in [-0.2, 0) is 9.53 Å². The Bertz CT molecular complexity index is 307. The molecular weight excluding hydrogens is 218 g/mol. The van der Waals surface area contributed by atoms with Crippen LogP contribution < -0.4 is 5.32 Å². The van der Waals surface area contributed by atoms with Crippen LogP contribution in [0.1, 0.15) is 47.5 Å². The number of nitrogens with one attached hydrogen (secondary N) is 1. The maximum Gasteiger partial charge on any atom is 0.407 e. The van der Waals surface area contributed by atoms with E-state index in [0.717, 1.165) is 0 Å². The van der Waals surface area contributed by atoms with Crippen molar-refractivity contribution < 1.29 is 14.3 Å². The number of amides is 1. The molecule has 0 unspecified atom stereocenters. The molecule has 4 heteroatoms. The lowest BCUT2D eigenvalue weighted by Crippen LogP contribution is -2.45. The Morgan fingerprint density at radius 1 is 1.29 bits per heavy atom. The molecule has 0 aromatic heterocycles. The van der Waals surface area contributed by atoms with E-state index in [9.17, 15) is 9.59 Å². The number of ketones is 1. The molecule has 0 aliphatic heterocycles. The number of rotatable bonds is 3. The Morgan fingerprint density at radius 3 is 2.24 bits per heavy atom. The SMILES string of the molecule is CC(C)(C)OC(=O)NCC(C)(C)C1CC(=O)C1. The van der Waals surface area contributed by atoms with Gasteiger partial charge in [0.25, 0.3) is 0 Å². The average molecular weight is 241 g/mol. The smallest absolute Gasteiger partial charge is 0.407 e. The van der Waals surface area contributed by atoms with E-state index in [4.69, 9.17) is 4.74 Å². The molecule has 98 valence electrons. The zero-order valence-corrected chi connectivity index (χ0v) is 11.4. The van der Waals surface area contributed by atoms with Gasteiger partial charge in [-0.05, 0) is 32.1 Å². The highest BCUT2D eigenvalue weighted by atomic mass is 16.6. The first-order chi connectivity index (χ1) is 7.60. The van der Waals surface area contributed by atoms with Crippen molar-refractivity contribution in [3.63, 3.8) is 0 Å². The van der Waals surface area contributed by atoms with Gasteiger partial charge in [0, 0.05) is 19.4 Å². The zero-order chi connectivity index (χ0) is 13.3. The predicted octanol–water partition coefficient (Wildman–Crippen LogP) is 2.52. The zero-order valence-electron chi connectivity index (χ0n) is 11.4. The molecule has 1 aliphatic rings. The van der Waals surface area contributed by atoms with E-state index in [1.807, 2.05) is 20.8 Å². The lowest BCUT2D eigenvalue weighted by atomic mass is 9.66. The first-order valence-corrected chi connectivity index (χ1v) is 6.09. The molecule has 17 heavy (non-hydrogen) atoms. The minimum atomic E-state index is -0.472. The molecule has 1 saturated carbocycles. The first-order valence-electron chi connectivity index (χ1n) is 6.09. The molecule has 0 bridgehead atoms. The predicted molar refractivity (Wildman–Crippen MR) is 65.7 cm³/mol. The van der Waals surface area contributed by atoms with Crippen LogP contribution in [-0.4, -0.2) is 24.0 Å². The van der Waals surface area contributed by atoms with Crippen molar-refractivity contribution in [1.82, 2.24) is 5.32 Å². The second kappa shape index (κ2) is 4.67.